The number of hydrogen-bond acceptors (Lipinski definition) is 5. The molecule has 0 saturated heterocycles. The van der Waals surface area contributed by atoms with Crippen LogP contribution in [0.3, 0.4) is 0 Å². The lowest BCUT2D eigenvalue weighted by Crippen LogP contribution is -2.25. The minimum atomic E-state index is -4.19. The molecule has 1 aromatic heterocycles. The molecule has 1 heterocycles. The summed E-state index contributed by atoms with van der Waals surface area (Å²) in [6.45, 7) is 4.46. The zero-order valence-corrected chi connectivity index (χ0v) is 19.0. The Kier molecular flexibility index (Phi) is 7.43. The van der Waals surface area contributed by atoms with E-state index < -0.39 is 12.6 Å². The van der Waals surface area contributed by atoms with E-state index in [1.54, 1.807) is 18.1 Å². The average Bonchev–Trinajstić information content (AvgIpc) is 3.18. The van der Waals surface area contributed by atoms with Gasteiger partial charge in [-0.05, 0) is 55.2 Å². The summed E-state index contributed by atoms with van der Waals surface area (Å²) in [5.74, 6) is 0.820. The normalized spacial score (nSPS) is 11.6. The van der Waals surface area contributed by atoms with Crippen LogP contribution in [0.2, 0.25) is 5.02 Å². The number of alkyl halides is 3. The molecular weight excluding hydrogens is 447 g/mol. The topological polar surface area (TPSA) is 38.3 Å². The highest BCUT2D eigenvalue weighted by Gasteiger charge is 2.27. The number of aryl methyl sites for hydroxylation is 2. The molecule has 3 rings (SSSR count). The van der Waals surface area contributed by atoms with Crippen LogP contribution >= 0.6 is 22.9 Å². The van der Waals surface area contributed by atoms with E-state index in [4.69, 9.17) is 16.3 Å². The fourth-order valence-corrected chi connectivity index (χ4v) is 4.45. The molecule has 4 nitrogen and oxygen atoms in total. The van der Waals surface area contributed by atoms with E-state index >= 15 is 0 Å². The minimum absolute atomic E-state index is 0.0381. The van der Waals surface area contributed by atoms with E-state index in [1.807, 2.05) is 44.2 Å². The van der Waals surface area contributed by atoms with Crippen molar-refractivity contribution >= 4 is 28.1 Å². The summed E-state index contributed by atoms with van der Waals surface area (Å²) < 4.78 is 43.5. The van der Waals surface area contributed by atoms with E-state index in [0.717, 1.165) is 28.0 Å². The standard InChI is InChI=1S/C22H23ClF3N3OS/c1-14-11-17(12-15(2)19(14)30-3)20-27-28-21(31-20)29(10-6-9-22(24,25)26)13-16-7-4-5-8-18(16)23/h4-5,7-8,11-12H,6,9-10,13H2,1-3H3. The van der Waals surface area contributed by atoms with Crippen LogP contribution in [-0.2, 0) is 6.54 Å². The molecule has 0 aliphatic carbocycles. The van der Waals surface area contributed by atoms with Gasteiger partial charge in [-0.3, -0.25) is 0 Å². The maximum Gasteiger partial charge on any atom is 0.389 e. The van der Waals surface area contributed by atoms with Crippen molar-refractivity contribution in [2.24, 2.45) is 0 Å². The van der Waals surface area contributed by atoms with Crippen LogP contribution in [0, 0.1) is 13.8 Å². The molecule has 0 N–H and O–H groups in total. The van der Waals surface area contributed by atoms with Gasteiger partial charge < -0.3 is 9.64 Å². The van der Waals surface area contributed by atoms with E-state index in [9.17, 15) is 13.2 Å². The third-order valence-electron chi connectivity index (χ3n) is 4.80. The van der Waals surface area contributed by atoms with E-state index in [2.05, 4.69) is 10.2 Å². The van der Waals surface area contributed by atoms with Gasteiger partial charge in [-0.25, -0.2) is 0 Å². The first-order valence-electron chi connectivity index (χ1n) is 9.72. The predicted molar refractivity (Wildman–Crippen MR) is 119 cm³/mol. The van der Waals surface area contributed by atoms with Gasteiger partial charge >= 0.3 is 6.18 Å². The lowest BCUT2D eigenvalue weighted by Gasteiger charge is -2.22. The van der Waals surface area contributed by atoms with E-state index in [0.29, 0.717) is 21.7 Å². The molecule has 0 fully saturated rings. The first-order chi connectivity index (χ1) is 14.7. The Balaban J connectivity index is 1.87. The van der Waals surface area contributed by atoms with Crippen LogP contribution in [0.4, 0.5) is 18.3 Å². The van der Waals surface area contributed by atoms with Crippen molar-refractivity contribution in [3.05, 3.63) is 58.1 Å². The maximum atomic E-state index is 12.7. The molecule has 31 heavy (non-hydrogen) atoms. The van der Waals surface area contributed by atoms with Crippen LogP contribution in [0.5, 0.6) is 5.75 Å². The number of ether oxygens (including phenoxy) is 1. The lowest BCUT2D eigenvalue weighted by molar-refractivity contribution is -0.135. The van der Waals surface area contributed by atoms with Crippen molar-refractivity contribution in [2.75, 3.05) is 18.6 Å². The molecule has 0 spiro atoms. The quantitative estimate of drug-likeness (QED) is 0.362. The van der Waals surface area contributed by atoms with E-state index in [1.165, 1.54) is 11.3 Å². The molecule has 0 radical (unpaired) electrons. The number of aromatic nitrogens is 2. The highest BCUT2D eigenvalue weighted by Crippen LogP contribution is 2.35. The number of rotatable bonds is 8. The van der Waals surface area contributed by atoms with Crippen molar-refractivity contribution in [1.82, 2.24) is 10.2 Å². The number of hydrogen-bond donors (Lipinski definition) is 0. The van der Waals surface area contributed by atoms with Gasteiger partial charge in [-0.15, -0.1) is 10.2 Å². The summed E-state index contributed by atoms with van der Waals surface area (Å²) in [7, 11) is 1.63. The molecule has 0 atom stereocenters. The average molecular weight is 470 g/mol. The fraction of sp³-hybridized carbons (Fsp3) is 0.364. The summed E-state index contributed by atoms with van der Waals surface area (Å²) >= 11 is 7.62. The Morgan fingerprint density at radius 2 is 1.77 bits per heavy atom. The molecule has 2 aromatic carbocycles. The number of methoxy groups -OCH3 is 1. The molecule has 9 heteroatoms. The van der Waals surface area contributed by atoms with Crippen LogP contribution in [0.15, 0.2) is 36.4 Å². The molecule has 0 bridgehead atoms. The van der Waals surface area contributed by atoms with Crippen LogP contribution < -0.4 is 9.64 Å². The zero-order chi connectivity index (χ0) is 22.6. The molecule has 0 amide bonds. The Bertz CT molecular complexity index is 1020. The SMILES string of the molecule is COc1c(C)cc(-c2nnc(N(CCCC(F)(F)F)Cc3ccccc3Cl)s2)cc1C. The Labute approximate surface area is 188 Å². The Hall–Kier alpha value is -2.32. The highest BCUT2D eigenvalue weighted by molar-refractivity contribution is 7.18. The first-order valence-corrected chi connectivity index (χ1v) is 10.9. The van der Waals surface area contributed by atoms with Crippen molar-refractivity contribution in [2.45, 2.75) is 39.4 Å². The maximum absolute atomic E-state index is 12.7. The third-order valence-corrected chi connectivity index (χ3v) is 6.21. The number of anilines is 1. The summed E-state index contributed by atoms with van der Waals surface area (Å²) in [5, 5.41) is 10.4. The van der Waals surface area contributed by atoms with E-state index in [-0.39, 0.29) is 13.0 Å². The molecule has 0 aliphatic rings. The van der Waals surface area contributed by atoms with Crippen molar-refractivity contribution in [3.63, 3.8) is 0 Å². The van der Waals surface area contributed by atoms with Gasteiger partial charge in [0, 0.05) is 30.1 Å². The molecular formula is C22H23ClF3N3OS. The third kappa shape index (κ3) is 6.11. The van der Waals surface area contributed by atoms with Gasteiger partial charge in [0.05, 0.1) is 7.11 Å². The molecule has 0 unspecified atom stereocenters. The fourth-order valence-electron chi connectivity index (χ4n) is 3.40. The second-order valence-electron chi connectivity index (χ2n) is 7.26. The second-order valence-corrected chi connectivity index (χ2v) is 8.63. The second kappa shape index (κ2) is 9.87. The molecule has 166 valence electrons. The Morgan fingerprint density at radius 3 is 2.39 bits per heavy atom. The van der Waals surface area contributed by atoms with Crippen LogP contribution in [-0.4, -0.2) is 30.0 Å². The zero-order valence-electron chi connectivity index (χ0n) is 17.5. The largest absolute Gasteiger partial charge is 0.496 e. The number of halogens is 4. The smallest absolute Gasteiger partial charge is 0.389 e. The summed E-state index contributed by atoms with van der Waals surface area (Å²) in [6.07, 6.45) is -5.08. The van der Waals surface area contributed by atoms with Crippen molar-refractivity contribution < 1.29 is 17.9 Å². The first kappa shape index (κ1) is 23.3. The molecule has 3 aromatic rings. The molecule has 0 saturated carbocycles. The van der Waals surface area contributed by atoms with Gasteiger partial charge in [0.2, 0.25) is 5.13 Å². The molecule has 0 aliphatic heterocycles. The van der Waals surface area contributed by atoms with Crippen LogP contribution in [0.25, 0.3) is 10.6 Å². The summed E-state index contributed by atoms with van der Waals surface area (Å²) in [5.41, 5.74) is 3.68. The van der Waals surface area contributed by atoms with Gasteiger partial charge in [0.15, 0.2) is 0 Å². The van der Waals surface area contributed by atoms with Gasteiger partial charge in [-0.2, -0.15) is 13.2 Å². The number of nitrogens with zero attached hydrogens (tertiary/aromatic N) is 3. The summed E-state index contributed by atoms with van der Waals surface area (Å²) in [6, 6.07) is 11.2. The lowest BCUT2D eigenvalue weighted by atomic mass is 10.1. The monoisotopic (exact) mass is 469 g/mol. The minimum Gasteiger partial charge on any atom is -0.496 e. The van der Waals surface area contributed by atoms with Crippen molar-refractivity contribution in [1.29, 1.82) is 0 Å². The van der Waals surface area contributed by atoms with Gasteiger partial charge in [0.1, 0.15) is 10.8 Å². The number of benzene rings is 2. The van der Waals surface area contributed by atoms with Crippen LogP contribution in [0.1, 0.15) is 29.5 Å². The van der Waals surface area contributed by atoms with Gasteiger partial charge in [0.25, 0.3) is 0 Å². The predicted octanol–water partition coefficient (Wildman–Crippen LogP) is 6.83. The summed E-state index contributed by atoms with van der Waals surface area (Å²) in [4.78, 5) is 1.80. The van der Waals surface area contributed by atoms with Crippen molar-refractivity contribution in [3.8, 4) is 16.3 Å². The Morgan fingerprint density at radius 1 is 1.10 bits per heavy atom. The van der Waals surface area contributed by atoms with Gasteiger partial charge in [-0.1, -0.05) is 41.1 Å². The highest BCUT2D eigenvalue weighted by atomic mass is 35.5.